The van der Waals surface area contributed by atoms with Crippen LogP contribution in [0.25, 0.3) is 10.2 Å². The summed E-state index contributed by atoms with van der Waals surface area (Å²) in [5.74, 6) is -1.47. The molecule has 0 aliphatic rings. The number of hydrogen-bond donors (Lipinski definition) is 1. The van der Waals surface area contributed by atoms with Crippen LogP contribution >= 0.6 is 11.3 Å². The maximum Gasteiger partial charge on any atom is 0.240 e. The number of benzene rings is 2. The van der Waals surface area contributed by atoms with Crippen LogP contribution in [-0.2, 0) is 9.59 Å². The molecule has 4 aromatic rings. The van der Waals surface area contributed by atoms with Crippen molar-refractivity contribution in [3.63, 3.8) is 0 Å². The molecular formula is C22H16FN3O3S. The minimum Gasteiger partial charge on any atom is -0.453 e. The Balaban J connectivity index is 1.68. The number of primary amides is 1. The van der Waals surface area contributed by atoms with Crippen LogP contribution in [0.5, 0.6) is 11.5 Å². The number of halogens is 1. The Morgan fingerprint density at radius 1 is 1.03 bits per heavy atom. The first kappa shape index (κ1) is 19.5. The molecule has 4 rings (SSSR count). The largest absolute Gasteiger partial charge is 0.453 e. The predicted octanol–water partition coefficient (Wildman–Crippen LogP) is 4.77. The van der Waals surface area contributed by atoms with Crippen molar-refractivity contribution in [3.8, 4) is 11.5 Å². The Morgan fingerprint density at radius 2 is 1.83 bits per heavy atom. The molecule has 6 nitrogen and oxygen atoms in total. The Bertz CT molecular complexity index is 1230. The summed E-state index contributed by atoms with van der Waals surface area (Å²) in [7, 11) is 0. The van der Waals surface area contributed by atoms with Crippen LogP contribution in [0.2, 0.25) is 0 Å². The van der Waals surface area contributed by atoms with Gasteiger partial charge in [-0.05, 0) is 35.7 Å². The number of pyridine rings is 1. The van der Waals surface area contributed by atoms with E-state index in [4.69, 9.17) is 10.5 Å². The van der Waals surface area contributed by atoms with Crippen LogP contribution in [0.3, 0.4) is 0 Å². The number of fused-ring (bicyclic) bond motifs is 1. The van der Waals surface area contributed by atoms with Crippen molar-refractivity contribution in [1.29, 1.82) is 0 Å². The Morgan fingerprint density at radius 3 is 2.57 bits per heavy atom. The third kappa shape index (κ3) is 3.99. The number of amides is 2. The molecule has 0 fully saturated rings. The summed E-state index contributed by atoms with van der Waals surface area (Å²) in [4.78, 5) is 29.4. The molecule has 0 unspecified atom stereocenters. The standard InChI is InChI=1S/C22H16FN3O3S/c23-16-12-15(26(21(28)13-20(24)27)14-4-2-1-3-5-14)6-7-18(16)29-19-8-10-25-17-9-11-30-22(17)19/h1-12H,13H2,(H2,24,27). The average Bonchev–Trinajstić information content (AvgIpc) is 3.20. The summed E-state index contributed by atoms with van der Waals surface area (Å²) in [6.45, 7) is 0. The van der Waals surface area contributed by atoms with E-state index in [9.17, 15) is 14.0 Å². The average molecular weight is 421 g/mol. The van der Waals surface area contributed by atoms with Gasteiger partial charge in [0.25, 0.3) is 0 Å². The molecule has 2 aromatic heterocycles. The molecule has 150 valence electrons. The maximum absolute atomic E-state index is 14.9. The molecule has 2 heterocycles. The number of ether oxygens (including phenoxy) is 1. The molecule has 8 heteroatoms. The third-order valence-electron chi connectivity index (χ3n) is 4.29. The molecule has 2 N–H and O–H groups in total. The first-order chi connectivity index (χ1) is 14.5. The Kier molecular flexibility index (Phi) is 5.40. The zero-order valence-corrected chi connectivity index (χ0v) is 16.4. The van der Waals surface area contributed by atoms with Gasteiger partial charge in [-0.25, -0.2) is 4.39 Å². The molecule has 0 aliphatic carbocycles. The van der Waals surface area contributed by atoms with Crippen molar-refractivity contribution in [2.75, 3.05) is 4.90 Å². The van der Waals surface area contributed by atoms with Gasteiger partial charge in [-0.2, -0.15) is 0 Å². The summed E-state index contributed by atoms with van der Waals surface area (Å²) < 4.78 is 21.5. The van der Waals surface area contributed by atoms with Crippen molar-refractivity contribution in [1.82, 2.24) is 4.98 Å². The molecule has 30 heavy (non-hydrogen) atoms. The number of rotatable bonds is 6. The van der Waals surface area contributed by atoms with E-state index in [1.165, 1.54) is 28.4 Å². The highest BCUT2D eigenvalue weighted by molar-refractivity contribution is 7.17. The van der Waals surface area contributed by atoms with E-state index in [-0.39, 0.29) is 11.4 Å². The van der Waals surface area contributed by atoms with Gasteiger partial charge in [-0.15, -0.1) is 11.3 Å². The zero-order valence-electron chi connectivity index (χ0n) is 15.6. The maximum atomic E-state index is 14.9. The number of hydrogen-bond acceptors (Lipinski definition) is 5. The van der Waals surface area contributed by atoms with E-state index in [1.807, 2.05) is 11.4 Å². The van der Waals surface area contributed by atoms with Crippen LogP contribution in [0, 0.1) is 5.82 Å². The predicted molar refractivity (Wildman–Crippen MR) is 113 cm³/mol. The first-order valence-electron chi connectivity index (χ1n) is 8.99. The van der Waals surface area contributed by atoms with E-state index >= 15 is 0 Å². The lowest BCUT2D eigenvalue weighted by Crippen LogP contribution is -2.30. The number of nitrogens with zero attached hydrogens (tertiary/aromatic N) is 2. The summed E-state index contributed by atoms with van der Waals surface area (Å²) in [6.07, 6.45) is 1.10. The fourth-order valence-electron chi connectivity index (χ4n) is 3.00. The van der Waals surface area contributed by atoms with Gasteiger partial charge in [0.2, 0.25) is 11.8 Å². The highest BCUT2D eigenvalue weighted by atomic mass is 32.1. The van der Waals surface area contributed by atoms with E-state index in [0.29, 0.717) is 11.4 Å². The third-order valence-corrected chi connectivity index (χ3v) is 5.21. The molecule has 0 aliphatic heterocycles. The number of aromatic nitrogens is 1. The topological polar surface area (TPSA) is 85.5 Å². The normalized spacial score (nSPS) is 10.7. The van der Waals surface area contributed by atoms with Crippen LogP contribution in [0.15, 0.2) is 72.2 Å². The second-order valence-electron chi connectivity index (χ2n) is 6.37. The Hall–Kier alpha value is -3.78. The minimum atomic E-state index is -0.765. The number of nitrogens with two attached hydrogens (primary N) is 1. The summed E-state index contributed by atoms with van der Waals surface area (Å²) >= 11 is 1.45. The lowest BCUT2D eigenvalue weighted by atomic mass is 10.2. The van der Waals surface area contributed by atoms with Gasteiger partial charge < -0.3 is 10.5 Å². The van der Waals surface area contributed by atoms with Gasteiger partial charge in [-0.1, -0.05) is 18.2 Å². The Labute approximate surface area is 175 Å². The molecular weight excluding hydrogens is 405 g/mol. The second-order valence-corrected chi connectivity index (χ2v) is 7.28. The zero-order chi connectivity index (χ0) is 21.1. The van der Waals surface area contributed by atoms with Crippen LogP contribution in [-0.4, -0.2) is 16.8 Å². The van der Waals surface area contributed by atoms with Crippen molar-refractivity contribution in [2.24, 2.45) is 5.73 Å². The quantitative estimate of drug-likeness (QED) is 0.455. The van der Waals surface area contributed by atoms with E-state index in [0.717, 1.165) is 10.2 Å². The number of para-hydroxylation sites is 1. The van der Waals surface area contributed by atoms with E-state index in [1.54, 1.807) is 48.7 Å². The van der Waals surface area contributed by atoms with Crippen molar-refractivity contribution < 1.29 is 18.7 Å². The molecule has 2 aromatic carbocycles. The molecule has 0 spiro atoms. The molecule has 0 saturated carbocycles. The summed E-state index contributed by atoms with van der Waals surface area (Å²) in [6, 6.07) is 16.3. The van der Waals surface area contributed by atoms with Crippen molar-refractivity contribution >= 4 is 44.7 Å². The smallest absolute Gasteiger partial charge is 0.240 e. The van der Waals surface area contributed by atoms with Gasteiger partial charge in [-0.3, -0.25) is 19.5 Å². The second kappa shape index (κ2) is 8.30. The first-order valence-corrected chi connectivity index (χ1v) is 9.87. The lowest BCUT2D eigenvalue weighted by Gasteiger charge is -2.23. The van der Waals surface area contributed by atoms with Gasteiger partial charge in [0.1, 0.15) is 12.2 Å². The van der Waals surface area contributed by atoms with Crippen molar-refractivity contribution in [3.05, 3.63) is 78.1 Å². The molecule has 0 saturated heterocycles. The van der Waals surface area contributed by atoms with Gasteiger partial charge in [0.15, 0.2) is 11.6 Å². The van der Waals surface area contributed by atoms with Crippen LogP contribution in [0.4, 0.5) is 15.8 Å². The summed E-state index contributed by atoms with van der Waals surface area (Å²) in [5.41, 5.74) is 6.69. The SMILES string of the molecule is NC(=O)CC(=O)N(c1ccccc1)c1ccc(Oc2ccnc3ccsc23)c(F)c1. The molecule has 2 amide bonds. The van der Waals surface area contributed by atoms with Crippen LogP contribution in [0.1, 0.15) is 6.42 Å². The molecule has 0 radical (unpaired) electrons. The van der Waals surface area contributed by atoms with Gasteiger partial charge >= 0.3 is 0 Å². The van der Waals surface area contributed by atoms with Crippen molar-refractivity contribution in [2.45, 2.75) is 6.42 Å². The fraction of sp³-hybridized carbons (Fsp3) is 0.0455. The van der Waals surface area contributed by atoms with Gasteiger partial charge in [0.05, 0.1) is 15.9 Å². The minimum absolute atomic E-state index is 0.00927. The van der Waals surface area contributed by atoms with Gasteiger partial charge in [0, 0.05) is 24.0 Å². The fourth-order valence-corrected chi connectivity index (χ4v) is 3.80. The molecule has 0 atom stereocenters. The number of anilines is 2. The highest BCUT2D eigenvalue weighted by Gasteiger charge is 2.21. The number of thiophene rings is 1. The molecule has 0 bridgehead atoms. The van der Waals surface area contributed by atoms with Crippen LogP contribution < -0.4 is 15.4 Å². The monoisotopic (exact) mass is 421 g/mol. The summed E-state index contributed by atoms with van der Waals surface area (Å²) in [5, 5.41) is 1.88. The van der Waals surface area contributed by atoms with E-state index < -0.39 is 24.1 Å². The number of carbonyl (C=O) groups is 2. The lowest BCUT2D eigenvalue weighted by molar-refractivity contribution is -0.125. The number of carbonyl (C=O) groups excluding carboxylic acids is 2. The highest BCUT2D eigenvalue weighted by Crippen LogP contribution is 2.35. The van der Waals surface area contributed by atoms with E-state index in [2.05, 4.69) is 4.98 Å².